The van der Waals surface area contributed by atoms with Gasteiger partial charge in [0.05, 0.1) is 6.54 Å². The van der Waals surface area contributed by atoms with E-state index in [0.29, 0.717) is 0 Å². The average Bonchev–Trinajstić information content (AvgIpc) is 3.00. The molecule has 4 heteroatoms. The monoisotopic (exact) mass is 254 g/mol. The van der Waals surface area contributed by atoms with Gasteiger partial charge in [-0.1, -0.05) is 19.1 Å². The number of nitrogens with zero attached hydrogens (tertiary/aromatic N) is 4. The number of benzene rings is 1. The first-order valence-corrected chi connectivity index (χ1v) is 6.70. The summed E-state index contributed by atoms with van der Waals surface area (Å²) in [4.78, 5) is 4.37. The highest BCUT2D eigenvalue weighted by Gasteiger charge is 2.07. The minimum atomic E-state index is 0.771. The van der Waals surface area contributed by atoms with Crippen LogP contribution < -0.4 is 0 Å². The van der Waals surface area contributed by atoms with E-state index in [2.05, 4.69) is 59.0 Å². The molecule has 19 heavy (non-hydrogen) atoms. The van der Waals surface area contributed by atoms with E-state index in [9.17, 15) is 0 Å². The van der Waals surface area contributed by atoms with Crippen molar-refractivity contribution < 1.29 is 0 Å². The van der Waals surface area contributed by atoms with Crippen LogP contribution in [0.15, 0.2) is 36.8 Å². The van der Waals surface area contributed by atoms with Gasteiger partial charge < -0.3 is 4.57 Å². The number of aryl methyl sites for hydroxylation is 2. The fraction of sp³-hybridized carbons (Fsp3) is 0.333. The minimum Gasteiger partial charge on any atom is -0.340 e. The number of hydrogen-bond donors (Lipinski definition) is 0. The molecule has 3 rings (SSSR count). The first-order valence-electron chi connectivity index (χ1n) is 6.70. The summed E-state index contributed by atoms with van der Waals surface area (Å²) in [6, 6.07) is 8.57. The predicted octanol–water partition coefficient (Wildman–Crippen LogP) is 3.00. The molecule has 0 N–H and O–H groups in total. The lowest BCUT2D eigenvalue weighted by molar-refractivity contribution is 0.557. The van der Waals surface area contributed by atoms with Gasteiger partial charge in [0.25, 0.3) is 0 Å². The summed E-state index contributed by atoms with van der Waals surface area (Å²) in [5.41, 5.74) is 2.57. The lowest BCUT2D eigenvalue weighted by Gasteiger charge is -2.07. The van der Waals surface area contributed by atoms with Gasteiger partial charge in [0.1, 0.15) is 12.2 Å². The molecule has 0 aliphatic rings. The second-order valence-electron chi connectivity index (χ2n) is 4.85. The zero-order chi connectivity index (χ0) is 13.2. The van der Waals surface area contributed by atoms with Crippen molar-refractivity contribution in [1.29, 1.82) is 0 Å². The molecule has 4 nitrogen and oxygen atoms in total. The van der Waals surface area contributed by atoms with Crippen LogP contribution in [-0.2, 0) is 13.1 Å². The standard InChI is InChI=1S/C15H18N4/c1-3-8-19-15(16-11-17-19)10-18-9-7-13-12(2)5-4-6-14(13)18/h4-7,9,11H,3,8,10H2,1-2H3. The van der Waals surface area contributed by atoms with E-state index >= 15 is 0 Å². The molecule has 2 aromatic heterocycles. The average molecular weight is 254 g/mol. The molecular formula is C15H18N4. The van der Waals surface area contributed by atoms with Gasteiger partial charge >= 0.3 is 0 Å². The van der Waals surface area contributed by atoms with Gasteiger partial charge in [-0.25, -0.2) is 9.67 Å². The second-order valence-corrected chi connectivity index (χ2v) is 4.85. The van der Waals surface area contributed by atoms with Gasteiger partial charge in [-0.15, -0.1) is 0 Å². The highest BCUT2D eigenvalue weighted by Crippen LogP contribution is 2.20. The normalized spacial score (nSPS) is 11.3. The third-order valence-electron chi connectivity index (χ3n) is 3.47. The predicted molar refractivity (Wildman–Crippen MR) is 76.1 cm³/mol. The molecule has 0 atom stereocenters. The largest absolute Gasteiger partial charge is 0.340 e. The van der Waals surface area contributed by atoms with Gasteiger partial charge in [0.15, 0.2) is 0 Å². The molecule has 98 valence electrons. The van der Waals surface area contributed by atoms with Crippen molar-refractivity contribution in [3.05, 3.63) is 48.2 Å². The maximum Gasteiger partial charge on any atom is 0.146 e. The number of aromatic nitrogens is 4. The summed E-state index contributed by atoms with van der Waals surface area (Å²) in [5, 5.41) is 5.59. The highest BCUT2D eigenvalue weighted by atomic mass is 15.3. The molecule has 0 amide bonds. The Balaban J connectivity index is 1.97. The van der Waals surface area contributed by atoms with E-state index in [1.54, 1.807) is 6.33 Å². The van der Waals surface area contributed by atoms with Crippen LogP contribution in [0.4, 0.5) is 0 Å². The molecule has 0 unspecified atom stereocenters. The van der Waals surface area contributed by atoms with Crippen LogP contribution in [0, 0.1) is 6.92 Å². The Morgan fingerprint density at radius 2 is 2.11 bits per heavy atom. The molecule has 0 aliphatic heterocycles. The Bertz CT molecular complexity index is 693. The first kappa shape index (κ1) is 12.0. The molecule has 0 saturated carbocycles. The Morgan fingerprint density at radius 1 is 1.21 bits per heavy atom. The molecule has 1 aromatic carbocycles. The Labute approximate surface area is 112 Å². The highest BCUT2D eigenvalue weighted by molar-refractivity contribution is 5.83. The molecule has 0 radical (unpaired) electrons. The van der Waals surface area contributed by atoms with Crippen LogP contribution in [-0.4, -0.2) is 19.3 Å². The fourth-order valence-corrected chi connectivity index (χ4v) is 2.48. The summed E-state index contributed by atoms with van der Waals surface area (Å²) in [6.45, 7) is 5.99. The number of hydrogen-bond acceptors (Lipinski definition) is 2. The molecule has 0 saturated heterocycles. The van der Waals surface area contributed by atoms with Crippen molar-refractivity contribution in [3.8, 4) is 0 Å². The van der Waals surface area contributed by atoms with Crippen molar-refractivity contribution in [2.45, 2.75) is 33.4 Å². The number of fused-ring (bicyclic) bond motifs is 1. The van der Waals surface area contributed by atoms with Crippen LogP contribution in [0.2, 0.25) is 0 Å². The zero-order valence-corrected chi connectivity index (χ0v) is 11.4. The van der Waals surface area contributed by atoms with E-state index in [4.69, 9.17) is 0 Å². The summed E-state index contributed by atoms with van der Waals surface area (Å²) >= 11 is 0. The van der Waals surface area contributed by atoms with Gasteiger partial charge in [0, 0.05) is 23.6 Å². The van der Waals surface area contributed by atoms with Gasteiger partial charge in [-0.2, -0.15) is 5.10 Å². The zero-order valence-electron chi connectivity index (χ0n) is 11.4. The fourth-order valence-electron chi connectivity index (χ4n) is 2.48. The molecule has 0 fully saturated rings. The SMILES string of the molecule is CCCn1ncnc1Cn1ccc2c(C)cccc21. The Hall–Kier alpha value is -2.10. The van der Waals surface area contributed by atoms with Crippen LogP contribution >= 0.6 is 0 Å². The molecule has 0 bridgehead atoms. The topological polar surface area (TPSA) is 35.6 Å². The van der Waals surface area contributed by atoms with Crippen molar-refractivity contribution >= 4 is 10.9 Å². The van der Waals surface area contributed by atoms with E-state index in [0.717, 1.165) is 25.3 Å². The van der Waals surface area contributed by atoms with Gasteiger partial charge in [-0.3, -0.25) is 0 Å². The lowest BCUT2D eigenvalue weighted by Crippen LogP contribution is -2.09. The maximum absolute atomic E-state index is 4.37. The van der Waals surface area contributed by atoms with Crippen molar-refractivity contribution in [2.75, 3.05) is 0 Å². The summed E-state index contributed by atoms with van der Waals surface area (Å²) in [6.07, 6.45) is 4.84. The van der Waals surface area contributed by atoms with Crippen molar-refractivity contribution in [3.63, 3.8) is 0 Å². The van der Waals surface area contributed by atoms with E-state index in [-0.39, 0.29) is 0 Å². The van der Waals surface area contributed by atoms with E-state index < -0.39 is 0 Å². The Kier molecular flexibility index (Phi) is 3.07. The molecule has 0 spiro atoms. The van der Waals surface area contributed by atoms with Crippen LogP contribution in [0.25, 0.3) is 10.9 Å². The molecular weight excluding hydrogens is 236 g/mol. The lowest BCUT2D eigenvalue weighted by atomic mass is 10.1. The molecule has 3 aromatic rings. The summed E-state index contributed by atoms with van der Waals surface area (Å²) < 4.78 is 4.22. The second kappa shape index (κ2) is 4.88. The van der Waals surface area contributed by atoms with Crippen LogP contribution in [0.5, 0.6) is 0 Å². The third-order valence-corrected chi connectivity index (χ3v) is 3.47. The summed E-state index contributed by atoms with van der Waals surface area (Å²) in [7, 11) is 0. The van der Waals surface area contributed by atoms with Crippen LogP contribution in [0.1, 0.15) is 24.7 Å². The minimum absolute atomic E-state index is 0.771. The van der Waals surface area contributed by atoms with Crippen molar-refractivity contribution in [1.82, 2.24) is 19.3 Å². The summed E-state index contributed by atoms with van der Waals surface area (Å²) in [5.74, 6) is 1.01. The van der Waals surface area contributed by atoms with E-state index in [1.807, 2.05) is 4.68 Å². The first-order chi connectivity index (χ1) is 9.29. The third kappa shape index (κ3) is 2.14. The van der Waals surface area contributed by atoms with E-state index in [1.165, 1.54) is 16.5 Å². The smallest absolute Gasteiger partial charge is 0.146 e. The quantitative estimate of drug-likeness (QED) is 0.717. The maximum atomic E-state index is 4.37. The van der Waals surface area contributed by atoms with Crippen LogP contribution in [0.3, 0.4) is 0 Å². The van der Waals surface area contributed by atoms with Gasteiger partial charge in [-0.05, 0) is 31.0 Å². The molecule has 0 aliphatic carbocycles. The Morgan fingerprint density at radius 3 is 2.95 bits per heavy atom. The molecule has 2 heterocycles. The van der Waals surface area contributed by atoms with Gasteiger partial charge in [0.2, 0.25) is 0 Å². The number of rotatable bonds is 4. The van der Waals surface area contributed by atoms with Crippen molar-refractivity contribution in [2.24, 2.45) is 0 Å².